The number of aliphatic carboxylic acids is 1. The summed E-state index contributed by atoms with van der Waals surface area (Å²) in [4.78, 5) is 37.2. The molecule has 1 unspecified atom stereocenters. The van der Waals surface area contributed by atoms with Gasteiger partial charge in [-0.3, -0.25) is 4.79 Å². The zero-order valence-electron chi connectivity index (χ0n) is 20.4. The van der Waals surface area contributed by atoms with Gasteiger partial charge in [0.1, 0.15) is 12.6 Å². The van der Waals surface area contributed by atoms with Gasteiger partial charge in [-0.15, -0.1) is 0 Å². The van der Waals surface area contributed by atoms with E-state index in [0.717, 1.165) is 54.4 Å². The molecular formula is C28H34N2O5. The fraction of sp³-hybridized carbons (Fsp3) is 0.464. The highest BCUT2D eigenvalue weighted by Gasteiger charge is 2.36. The summed E-state index contributed by atoms with van der Waals surface area (Å²) in [7, 11) is 0. The molecule has 2 aliphatic carbocycles. The molecule has 0 aromatic heterocycles. The second-order valence-corrected chi connectivity index (χ2v) is 10.3. The van der Waals surface area contributed by atoms with Gasteiger partial charge in [0.15, 0.2) is 0 Å². The first-order valence-corrected chi connectivity index (χ1v) is 12.4. The predicted octanol–water partition coefficient (Wildman–Crippen LogP) is 4.70. The number of carbonyl (C=O) groups is 3. The van der Waals surface area contributed by atoms with Crippen molar-refractivity contribution in [1.29, 1.82) is 0 Å². The van der Waals surface area contributed by atoms with Crippen molar-refractivity contribution < 1.29 is 24.2 Å². The van der Waals surface area contributed by atoms with Gasteiger partial charge in [0.2, 0.25) is 5.91 Å². The first kappa shape index (κ1) is 24.8. The zero-order valence-corrected chi connectivity index (χ0v) is 20.4. The minimum Gasteiger partial charge on any atom is -0.480 e. The molecule has 7 nitrogen and oxygen atoms in total. The molecule has 2 amide bonds. The normalized spacial score (nSPS) is 16.6. The van der Waals surface area contributed by atoms with E-state index in [9.17, 15) is 19.5 Å². The lowest BCUT2D eigenvalue weighted by Gasteiger charge is -2.31. The van der Waals surface area contributed by atoms with Crippen LogP contribution in [0, 0.1) is 11.3 Å². The number of ether oxygens (including phenoxy) is 1. The molecule has 0 heterocycles. The Bertz CT molecular complexity index is 1040. The number of nitrogens with one attached hydrogen (secondary N) is 2. The molecule has 0 spiro atoms. The summed E-state index contributed by atoms with van der Waals surface area (Å²) < 4.78 is 5.55. The fourth-order valence-electron chi connectivity index (χ4n) is 5.21. The minimum absolute atomic E-state index is 0.0342. The van der Waals surface area contributed by atoms with E-state index in [4.69, 9.17) is 4.74 Å². The smallest absolute Gasteiger partial charge is 0.407 e. The Morgan fingerprint density at radius 3 is 2.11 bits per heavy atom. The minimum atomic E-state index is -1.01. The van der Waals surface area contributed by atoms with Gasteiger partial charge in [-0.05, 0) is 54.9 Å². The Morgan fingerprint density at radius 1 is 0.971 bits per heavy atom. The van der Waals surface area contributed by atoms with E-state index in [-0.39, 0.29) is 25.0 Å². The molecule has 0 radical (unpaired) electrons. The van der Waals surface area contributed by atoms with E-state index in [1.54, 1.807) is 13.8 Å². The van der Waals surface area contributed by atoms with Crippen molar-refractivity contribution in [3.8, 4) is 11.1 Å². The topological polar surface area (TPSA) is 105 Å². The van der Waals surface area contributed by atoms with Crippen molar-refractivity contribution in [3.05, 3.63) is 59.7 Å². The lowest BCUT2D eigenvalue weighted by atomic mass is 9.83. The summed E-state index contributed by atoms with van der Waals surface area (Å²) in [5.74, 6) is -1.51. The molecule has 0 saturated heterocycles. The number of alkyl carbamates (subject to hydrolysis) is 1. The van der Waals surface area contributed by atoms with Crippen LogP contribution in [0.1, 0.15) is 63.0 Å². The molecule has 2 aromatic carbocycles. The van der Waals surface area contributed by atoms with Crippen LogP contribution in [0.5, 0.6) is 0 Å². The average Bonchev–Trinajstić information content (AvgIpc) is 3.18. The van der Waals surface area contributed by atoms with E-state index >= 15 is 0 Å². The summed E-state index contributed by atoms with van der Waals surface area (Å²) in [6.07, 6.45) is 4.07. The molecule has 3 N–H and O–H groups in total. The van der Waals surface area contributed by atoms with Crippen LogP contribution in [0.4, 0.5) is 4.79 Å². The van der Waals surface area contributed by atoms with Crippen LogP contribution < -0.4 is 10.6 Å². The molecule has 1 fully saturated rings. The second kappa shape index (κ2) is 10.5. The number of benzene rings is 2. The van der Waals surface area contributed by atoms with Crippen molar-refractivity contribution in [3.63, 3.8) is 0 Å². The number of carbonyl (C=O) groups excluding carboxylic acids is 2. The third-order valence-corrected chi connectivity index (χ3v) is 7.31. The predicted molar refractivity (Wildman–Crippen MR) is 133 cm³/mol. The summed E-state index contributed by atoms with van der Waals surface area (Å²) in [5.41, 5.74) is 3.57. The van der Waals surface area contributed by atoms with Crippen molar-refractivity contribution in [2.24, 2.45) is 11.3 Å². The largest absolute Gasteiger partial charge is 0.480 e. The monoisotopic (exact) mass is 478 g/mol. The lowest BCUT2D eigenvalue weighted by molar-refractivity contribution is -0.145. The molecule has 2 aromatic rings. The molecule has 0 bridgehead atoms. The fourth-order valence-corrected chi connectivity index (χ4v) is 5.21. The Kier molecular flexibility index (Phi) is 7.43. The van der Waals surface area contributed by atoms with Crippen LogP contribution in [0.3, 0.4) is 0 Å². The Hall–Kier alpha value is -3.35. The van der Waals surface area contributed by atoms with E-state index in [0.29, 0.717) is 0 Å². The highest BCUT2D eigenvalue weighted by Crippen LogP contribution is 2.44. The average molecular weight is 479 g/mol. The number of carboxylic acid groups (broad SMARTS) is 1. The molecule has 186 valence electrons. The number of hydrogen-bond donors (Lipinski definition) is 3. The summed E-state index contributed by atoms with van der Waals surface area (Å²) in [6, 6.07) is 15.3. The van der Waals surface area contributed by atoms with Crippen molar-refractivity contribution in [2.75, 3.05) is 13.2 Å². The van der Waals surface area contributed by atoms with Gasteiger partial charge in [0.05, 0.1) is 5.41 Å². The highest BCUT2D eigenvalue weighted by atomic mass is 16.5. The molecule has 2 aliphatic rings. The first-order valence-electron chi connectivity index (χ1n) is 12.4. The zero-order chi connectivity index (χ0) is 25.0. The van der Waals surface area contributed by atoms with Gasteiger partial charge >= 0.3 is 12.1 Å². The number of fused-ring (bicyclic) bond motifs is 3. The standard InChI is InChI=1S/C28H34N2O5/c1-28(2,26(33)30-24(25(31)32)18-10-4-3-5-11-18)17-29-27(34)35-16-23-21-14-8-6-12-19(21)20-13-7-9-15-22(20)23/h6-9,12-15,18,23-24H,3-5,10-11,16-17H2,1-2H3,(H,29,34)(H,30,33)(H,31,32). The van der Waals surface area contributed by atoms with Crippen molar-refractivity contribution in [1.82, 2.24) is 10.6 Å². The van der Waals surface area contributed by atoms with Gasteiger partial charge in [-0.2, -0.15) is 0 Å². The molecule has 4 rings (SSSR count). The maximum absolute atomic E-state index is 12.9. The van der Waals surface area contributed by atoms with E-state index in [1.807, 2.05) is 24.3 Å². The van der Waals surface area contributed by atoms with Gasteiger partial charge in [0, 0.05) is 12.5 Å². The van der Waals surface area contributed by atoms with Crippen LogP contribution >= 0.6 is 0 Å². The molecule has 7 heteroatoms. The van der Waals surface area contributed by atoms with E-state index in [2.05, 4.69) is 34.9 Å². The van der Waals surface area contributed by atoms with Gasteiger partial charge in [-0.1, -0.05) is 67.8 Å². The number of hydrogen-bond acceptors (Lipinski definition) is 4. The van der Waals surface area contributed by atoms with Crippen LogP contribution in [0.2, 0.25) is 0 Å². The third-order valence-electron chi connectivity index (χ3n) is 7.31. The first-order chi connectivity index (χ1) is 16.8. The Morgan fingerprint density at radius 2 is 1.54 bits per heavy atom. The number of carboxylic acids is 1. The van der Waals surface area contributed by atoms with Gasteiger partial charge in [0.25, 0.3) is 0 Å². The van der Waals surface area contributed by atoms with Crippen LogP contribution in [-0.4, -0.2) is 42.3 Å². The van der Waals surface area contributed by atoms with Gasteiger partial charge in [-0.25, -0.2) is 9.59 Å². The van der Waals surface area contributed by atoms with E-state index < -0.39 is 29.4 Å². The summed E-state index contributed by atoms with van der Waals surface area (Å²) >= 11 is 0. The lowest BCUT2D eigenvalue weighted by Crippen LogP contribution is -2.53. The van der Waals surface area contributed by atoms with Crippen LogP contribution in [-0.2, 0) is 14.3 Å². The molecule has 1 atom stereocenters. The van der Waals surface area contributed by atoms with Crippen molar-refractivity contribution >= 4 is 18.0 Å². The molecular weight excluding hydrogens is 444 g/mol. The second-order valence-electron chi connectivity index (χ2n) is 10.3. The summed E-state index contributed by atoms with van der Waals surface area (Å²) in [6.45, 7) is 3.60. The molecule has 35 heavy (non-hydrogen) atoms. The van der Waals surface area contributed by atoms with Crippen molar-refractivity contribution in [2.45, 2.75) is 57.9 Å². The highest BCUT2D eigenvalue weighted by molar-refractivity contribution is 5.87. The van der Waals surface area contributed by atoms with Crippen LogP contribution in [0.15, 0.2) is 48.5 Å². The van der Waals surface area contributed by atoms with Crippen LogP contribution in [0.25, 0.3) is 11.1 Å². The SMILES string of the molecule is CC(C)(CNC(=O)OCC1c2ccccc2-c2ccccc21)C(=O)NC(C(=O)O)C1CCCCC1. The molecule has 0 aliphatic heterocycles. The van der Waals surface area contributed by atoms with Gasteiger partial charge < -0.3 is 20.5 Å². The molecule has 1 saturated carbocycles. The summed E-state index contributed by atoms with van der Waals surface area (Å²) in [5, 5.41) is 15.1. The third kappa shape index (κ3) is 5.50. The number of rotatable bonds is 8. The number of amides is 2. The maximum Gasteiger partial charge on any atom is 0.407 e. The quantitative estimate of drug-likeness (QED) is 0.510. The van der Waals surface area contributed by atoms with E-state index in [1.165, 1.54) is 0 Å². The maximum atomic E-state index is 12.9. The Labute approximate surface area is 206 Å². The Balaban J connectivity index is 1.32.